The maximum absolute atomic E-state index is 6.29. The van der Waals surface area contributed by atoms with Crippen LogP contribution in [0.5, 0.6) is 0 Å². The fourth-order valence-electron chi connectivity index (χ4n) is 4.31. The lowest BCUT2D eigenvalue weighted by Crippen LogP contribution is -2.11. The molecule has 2 heterocycles. The third kappa shape index (κ3) is 2.45. The molecule has 0 atom stereocenters. The quantitative estimate of drug-likeness (QED) is 0.574. The first kappa shape index (κ1) is 16.7. The topological polar surface area (TPSA) is 81.7 Å². The maximum Gasteiger partial charge on any atom is 0.164 e. The number of benzene rings is 2. The Labute approximate surface area is 163 Å². The minimum absolute atomic E-state index is 0.232. The van der Waals surface area contributed by atoms with Crippen molar-refractivity contribution in [1.29, 1.82) is 0 Å². The van der Waals surface area contributed by atoms with Crippen LogP contribution in [0, 0.1) is 6.92 Å². The molecule has 1 aliphatic rings. The number of nitrogen functional groups attached to an aromatic ring is 1. The van der Waals surface area contributed by atoms with E-state index in [1.165, 1.54) is 17.5 Å². The summed E-state index contributed by atoms with van der Waals surface area (Å²) in [5.41, 5.74) is 14.0. The van der Waals surface area contributed by atoms with Gasteiger partial charge in [-0.1, -0.05) is 36.4 Å². The van der Waals surface area contributed by atoms with Crippen LogP contribution < -0.4 is 11.1 Å². The molecule has 0 saturated heterocycles. The number of rotatable bonds is 3. The third-order valence-electron chi connectivity index (χ3n) is 5.75. The standard InChI is InChI=1S/C22H22N6/c1-13-17(8-5-9-18(13)24-2)20-19-21(23)25-12-26-22(19)28(27-20)16-10-14-6-3-4-7-15(14)11-16/h3-9,12,16,24H,10-11H2,1-2H3,(H2,23,25,26). The molecule has 2 aromatic heterocycles. The van der Waals surface area contributed by atoms with E-state index in [0.717, 1.165) is 46.4 Å². The normalized spacial score (nSPS) is 13.8. The van der Waals surface area contributed by atoms with Crippen molar-refractivity contribution < 1.29 is 0 Å². The molecule has 1 aliphatic carbocycles. The summed E-state index contributed by atoms with van der Waals surface area (Å²) in [6.45, 7) is 2.09. The lowest BCUT2D eigenvalue weighted by atomic mass is 10.0. The van der Waals surface area contributed by atoms with Crippen LogP contribution in [0.2, 0.25) is 0 Å². The number of hydrogen-bond donors (Lipinski definition) is 2. The molecule has 0 spiro atoms. The molecule has 2 aromatic carbocycles. The summed E-state index contributed by atoms with van der Waals surface area (Å²) in [6, 6.07) is 15.0. The molecule has 0 bridgehead atoms. The predicted octanol–water partition coefficient (Wildman–Crippen LogP) is 3.77. The molecule has 0 fully saturated rings. The number of hydrogen-bond acceptors (Lipinski definition) is 5. The first-order valence-corrected chi connectivity index (χ1v) is 9.50. The number of fused-ring (bicyclic) bond motifs is 2. The average Bonchev–Trinajstić information content (AvgIpc) is 3.30. The molecule has 0 unspecified atom stereocenters. The van der Waals surface area contributed by atoms with Gasteiger partial charge in [-0.25, -0.2) is 14.6 Å². The van der Waals surface area contributed by atoms with Crippen molar-refractivity contribution in [3.63, 3.8) is 0 Å². The summed E-state index contributed by atoms with van der Waals surface area (Å²) in [4.78, 5) is 8.80. The maximum atomic E-state index is 6.29. The minimum Gasteiger partial charge on any atom is -0.388 e. The van der Waals surface area contributed by atoms with Gasteiger partial charge in [-0.15, -0.1) is 0 Å². The van der Waals surface area contributed by atoms with Crippen LogP contribution in [0.25, 0.3) is 22.3 Å². The van der Waals surface area contributed by atoms with E-state index in [0.29, 0.717) is 5.82 Å². The second kappa shape index (κ2) is 6.34. The molecule has 0 amide bonds. The van der Waals surface area contributed by atoms with Crippen molar-refractivity contribution >= 4 is 22.5 Å². The van der Waals surface area contributed by atoms with Gasteiger partial charge in [0.15, 0.2) is 5.65 Å². The Morgan fingerprint density at radius 2 is 1.79 bits per heavy atom. The summed E-state index contributed by atoms with van der Waals surface area (Å²) in [7, 11) is 1.93. The minimum atomic E-state index is 0.232. The van der Waals surface area contributed by atoms with Crippen LogP contribution in [0.3, 0.4) is 0 Å². The Balaban J connectivity index is 1.71. The number of anilines is 2. The zero-order chi connectivity index (χ0) is 19.3. The molecule has 4 aromatic rings. The summed E-state index contributed by atoms with van der Waals surface area (Å²) >= 11 is 0. The fraction of sp³-hybridized carbons (Fsp3) is 0.227. The SMILES string of the molecule is CNc1cccc(-c2nn(C3Cc4ccccc4C3)c3ncnc(N)c23)c1C. The zero-order valence-corrected chi connectivity index (χ0v) is 16.0. The van der Waals surface area contributed by atoms with Gasteiger partial charge < -0.3 is 11.1 Å². The molecule has 0 aliphatic heterocycles. The van der Waals surface area contributed by atoms with Gasteiger partial charge in [-0.3, -0.25) is 0 Å². The second-order valence-electron chi connectivity index (χ2n) is 7.31. The van der Waals surface area contributed by atoms with Crippen molar-refractivity contribution in [2.45, 2.75) is 25.8 Å². The molecule has 6 heteroatoms. The molecule has 3 N–H and O–H groups in total. The van der Waals surface area contributed by atoms with Crippen molar-refractivity contribution in [1.82, 2.24) is 19.7 Å². The van der Waals surface area contributed by atoms with Gasteiger partial charge in [0.25, 0.3) is 0 Å². The predicted molar refractivity (Wildman–Crippen MR) is 112 cm³/mol. The van der Waals surface area contributed by atoms with Crippen LogP contribution in [0.4, 0.5) is 11.5 Å². The molecule has 0 radical (unpaired) electrons. The number of nitrogens with two attached hydrogens (primary N) is 1. The molecule has 6 nitrogen and oxygen atoms in total. The molecule has 0 saturated carbocycles. The highest BCUT2D eigenvalue weighted by atomic mass is 15.3. The van der Waals surface area contributed by atoms with Gasteiger partial charge in [-0.05, 0) is 42.5 Å². The smallest absolute Gasteiger partial charge is 0.164 e. The van der Waals surface area contributed by atoms with Gasteiger partial charge >= 0.3 is 0 Å². The molecule has 28 heavy (non-hydrogen) atoms. The highest BCUT2D eigenvalue weighted by Gasteiger charge is 2.28. The Hall–Kier alpha value is -3.41. The Morgan fingerprint density at radius 1 is 1.04 bits per heavy atom. The Kier molecular flexibility index (Phi) is 3.79. The molecular weight excluding hydrogens is 348 g/mol. The van der Waals surface area contributed by atoms with Crippen molar-refractivity contribution in [2.24, 2.45) is 0 Å². The van der Waals surface area contributed by atoms with Crippen LogP contribution in [0.1, 0.15) is 22.7 Å². The van der Waals surface area contributed by atoms with Gasteiger partial charge in [0, 0.05) is 18.3 Å². The fourth-order valence-corrected chi connectivity index (χ4v) is 4.31. The number of aromatic nitrogens is 4. The Bertz CT molecular complexity index is 1170. The van der Waals surface area contributed by atoms with Crippen molar-refractivity contribution in [3.05, 3.63) is 65.5 Å². The highest BCUT2D eigenvalue weighted by Crippen LogP contribution is 2.38. The summed E-state index contributed by atoms with van der Waals surface area (Å²) in [5, 5.41) is 9.10. The van der Waals surface area contributed by atoms with E-state index in [9.17, 15) is 0 Å². The van der Waals surface area contributed by atoms with E-state index in [-0.39, 0.29) is 6.04 Å². The van der Waals surface area contributed by atoms with Crippen LogP contribution in [0.15, 0.2) is 48.8 Å². The highest BCUT2D eigenvalue weighted by molar-refractivity contribution is 5.99. The first-order valence-electron chi connectivity index (χ1n) is 9.50. The number of nitrogens with zero attached hydrogens (tertiary/aromatic N) is 4. The largest absolute Gasteiger partial charge is 0.388 e. The van der Waals surface area contributed by atoms with Gasteiger partial charge in [0.2, 0.25) is 0 Å². The molecular formula is C22H22N6. The van der Waals surface area contributed by atoms with Crippen molar-refractivity contribution in [2.75, 3.05) is 18.1 Å². The lowest BCUT2D eigenvalue weighted by Gasteiger charge is -2.11. The first-order chi connectivity index (χ1) is 13.7. The van der Waals surface area contributed by atoms with Crippen LogP contribution >= 0.6 is 0 Å². The van der Waals surface area contributed by atoms with Crippen LogP contribution in [-0.2, 0) is 12.8 Å². The summed E-state index contributed by atoms with van der Waals surface area (Å²) in [6.07, 6.45) is 3.43. The van der Waals surface area contributed by atoms with Gasteiger partial charge in [0.1, 0.15) is 17.8 Å². The van der Waals surface area contributed by atoms with E-state index in [4.69, 9.17) is 10.8 Å². The molecule has 140 valence electrons. The Morgan fingerprint density at radius 3 is 2.50 bits per heavy atom. The zero-order valence-electron chi connectivity index (χ0n) is 16.0. The van der Waals surface area contributed by atoms with E-state index in [2.05, 4.69) is 58.6 Å². The summed E-state index contributed by atoms with van der Waals surface area (Å²) in [5.74, 6) is 0.469. The van der Waals surface area contributed by atoms with Gasteiger partial charge in [0.05, 0.1) is 11.4 Å². The van der Waals surface area contributed by atoms with E-state index >= 15 is 0 Å². The summed E-state index contributed by atoms with van der Waals surface area (Å²) < 4.78 is 2.05. The van der Waals surface area contributed by atoms with E-state index in [1.807, 2.05) is 17.8 Å². The van der Waals surface area contributed by atoms with Gasteiger partial charge in [-0.2, -0.15) is 5.10 Å². The van der Waals surface area contributed by atoms with Crippen molar-refractivity contribution in [3.8, 4) is 11.3 Å². The lowest BCUT2D eigenvalue weighted by molar-refractivity contribution is 0.488. The number of nitrogens with one attached hydrogen (secondary N) is 1. The molecule has 5 rings (SSSR count). The van der Waals surface area contributed by atoms with Crippen LogP contribution in [-0.4, -0.2) is 26.8 Å². The third-order valence-corrected chi connectivity index (χ3v) is 5.75. The monoisotopic (exact) mass is 370 g/mol. The average molecular weight is 370 g/mol. The van der Waals surface area contributed by atoms with E-state index in [1.54, 1.807) is 0 Å². The van der Waals surface area contributed by atoms with E-state index < -0.39 is 0 Å². The second-order valence-corrected chi connectivity index (χ2v) is 7.31.